The lowest BCUT2D eigenvalue weighted by Gasteiger charge is -2.33. The van der Waals surface area contributed by atoms with E-state index < -0.39 is 17.6 Å². The molecule has 1 aromatic heterocycles. The molecule has 10 heteroatoms. The molecule has 0 N–H and O–H groups in total. The smallest absolute Gasteiger partial charge is 0.450 e. The Morgan fingerprint density at radius 3 is 2.36 bits per heavy atom. The van der Waals surface area contributed by atoms with Crippen molar-refractivity contribution in [2.45, 2.75) is 51.5 Å². The minimum Gasteiger partial charge on any atom is -0.490 e. The van der Waals surface area contributed by atoms with Gasteiger partial charge in [-0.2, -0.15) is 18.4 Å². The average Bonchev–Trinajstić information content (AvgIpc) is 3.27. The first-order valence-electron chi connectivity index (χ1n) is 12.6. The first kappa shape index (κ1) is 26.4. The second kappa shape index (κ2) is 9.80. The Bertz CT molecular complexity index is 1590. The second-order valence-corrected chi connectivity index (χ2v) is 10.5. The standard InChI is InChI=1S/C29H27F3N4O3/c1-28(2,3)39-27(37)35-14-12-19(13-15-35)38-20-9-11-25-23(16-20)34-26(29(30,31)32)36(25)24-10-8-18(17-33)21-6-4-5-7-22(21)24/h4-11,16,19H,12-15H2,1-3H3. The number of nitriles is 1. The van der Waals surface area contributed by atoms with Crippen molar-refractivity contribution in [3.8, 4) is 17.5 Å². The molecule has 0 radical (unpaired) electrons. The van der Waals surface area contributed by atoms with Crippen LogP contribution in [0.15, 0.2) is 54.6 Å². The van der Waals surface area contributed by atoms with Gasteiger partial charge < -0.3 is 14.4 Å². The molecular formula is C29H27F3N4O3. The lowest BCUT2D eigenvalue weighted by atomic mass is 10.0. The molecule has 2 heterocycles. The van der Waals surface area contributed by atoms with Crippen LogP contribution in [0.2, 0.25) is 0 Å². The topological polar surface area (TPSA) is 80.4 Å². The summed E-state index contributed by atoms with van der Waals surface area (Å²) in [6.07, 6.45) is -4.16. The summed E-state index contributed by atoms with van der Waals surface area (Å²) >= 11 is 0. The number of likely N-dealkylation sites (tertiary alicyclic amines) is 1. The number of hydrogen-bond acceptors (Lipinski definition) is 5. The highest BCUT2D eigenvalue weighted by molar-refractivity contribution is 5.96. The van der Waals surface area contributed by atoms with Gasteiger partial charge in [-0.3, -0.25) is 4.57 Å². The van der Waals surface area contributed by atoms with Gasteiger partial charge >= 0.3 is 12.3 Å². The van der Waals surface area contributed by atoms with Crippen LogP contribution in [-0.4, -0.2) is 45.3 Å². The number of piperidine rings is 1. The SMILES string of the molecule is CC(C)(C)OC(=O)N1CCC(Oc2ccc3c(c2)nc(C(F)(F)F)n3-c2ccc(C#N)c3ccccc23)CC1. The molecule has 1 amide bonds. The molecule has 1 aliphatic heterocycles. The van der Waals surface area contributed by atoms with Gasteiger partial charge in [-0.1, -0.05) is 24.3 Å². The molecule has 0 atom stereocenters. The number of carbonyl (C=O) groups excluding carboxylic acids is 1. The van der Waals surface area contributed by atoms with E-state index in [4.69, 9.17) is 9.47 Å². The molecule has 1 fully saturated rings. The number of nitrogens with zero attached hydrogens (tertiary/aromatic N) is 4. The molecule has 4 aromatic rings. The van der Waals surface area contributed by atoms with Crippen molar-refractivity contribution < 1.29 is 27.4 Å². The zero-order chi connectivity index (χ0) is 27.9. The maximum atomic E-state index is 14.2. The van der Waals surface area contributed by atoms with Crippen molar-refractivity contribution >= 4 is 27.9 Å². The fourth-order valence-corrected chi connectivity index (χ4v) is 4.82. The zero-order valence-electron chi connectivity index (χ0n) is 21.7. The number of fused-ring (bicyclic) bond motifs is 2. The van der Waals surface area contributed by atoms with Crippen LogP contribution in [0.3, 0.4) is 0 Å². The predicted octanol–water partition coefficient (Wildman–Crippen LogP) is 6.85. The molecule has 0 unspecified atom stereocenters. The number of carbonyl (C=O) groups is 1. The van der Waals surface area contributed by atoms with Crippen molar-refractivity contribution in [3.05, 3.63) is 66.0 Å². The Hall–Kier alpha value is -4.26. The van der Waals surface area contributed by atoms with Crippen LogP contribution in [0.5, 0.6) is 5.75 Å². The first-order valence-corrected chi connectivity index (χ1v) is 12.6. The van der Waals surface area contributed by atoms with E-state index >= 15 is 0 Å². The van der Waals surface area contributed by atoms with E-state index in [1.807, 2.05) is 20.8 Å². The molecular weight excluding hydrogens is 509 g/mol. The summed E-state index contributed by atoms with van der Waals surface area (Å²) < 4.78 is 55.2. The Balaban J connectivity index is 1.45. The highest BCUT2D eigenvalue weighted by Gasteiger charge is 2.38. The summed E-state index contributed by atoms with van der Waals surface area (Å²) in [5, 5.41) is 10.5. The number of ether oxygens (including phenoxy) is 2. The zero-order valence-corrected chi connectivity index (χ0v) is 21.7. The summed E-state index contributed by atoms with van der Waals surface area (Å²) in [5.74, 6) is -0.656. The van der Waals surface area contributed by atoms with E-state index in [0.717, 1.165) is 4.57 Å². The van der Waals surface area contributed by atoms with E-state index in [2.05, 4.69) is 11.1 Å². The minimum atomic E-state index is -4.72. The van der Waals surface area contributed by atoms with Gasteiger partial charge in [0.2, 0.25) is 5.82 Å². The van der Waals surface area contributed by atoms with Crippen molar-refractivity contribution in [1.29, 1.82) is 5.26 Å². The van der Waals surface area contributed by atoms with E-state index in [1.165, 1.54) is 18.2 Å². The first-order chi connectivity index (χ1) is 18.4. The van der Waals surface area contributed by atoms with Gasteiger partial charge in [0.15, 0.2) is 0 Å². The lowest BCUT2D eigenvalue weighted by molar-refractivity contribution is -0.145. The van der Waals surface area contributed by atoms with Crippen molar-refractivity contribution in [1.82, 2.24) is 14.5 Å². The van der Waals surface area contributed by atoms with Crippen LogP contribution in [0, 0.1) is 11.3 Å². The fourth-order valence-electron chi connectivity index (χ4n) is 4.82. The Labute approximate surface area is 223 Å². The Morgan fingerprint density at radius 1 is 1.03 bits per heavy atom. The van der Waals surface area contributed by atoms with E-state index in [-0.39, 0.29) is 28.9 Å². The quantitative estimate of drug-likeness (QED) is 0.286. The number of hydrogen-bond donors (Lipinski definition) is 0. The van der Waals surface area contributed by atoms with Gasteiger partial charge in [0.05, 0.1) is 28.4 Å². The maximum Gasteiger partial charge on any atom is 0.450 e. The fraction of sp³-hybridized carbons (Fsp3) is 0.345. The van der Waals surface area contributed by atoms with Crippen LogP contribution in [0.1, 0.15) is 45.0 Å². The summed E-state index contributed by atoms with van der Waals surface area (Å²) in [5.41, 5.74) is 0.481. The molecule has 0 spiro atoms. The van der Waals surface area contributed by atoms with Gasteiger partial charge in [0.25, 0.3) is 0 Å². The highest BCUT2D eigenvalue weighted by atomic mass is 19.4. The molecule has 1 saturated heterocycles. The molecule has 39 heavy (non-hydrogen) atoms. The molecule has 202 valence electrons. The third-order valence-corrected chi connectivity index (χ3v) is 6.54. The highest BCUT2D eigenvalue weighted by Crippen LogP contribution is 2.37. The summed E-state index contributed by atoms with van der Waals surface area (Å²) in [4.78, 5) is 17.9. The molecule has 5 rings (SSSR count). The van der Waals surface area contributed by atoms with Gasteiger partial charge in [0.1, 0.15) is 17.5 Å². The maximum absolute atomic E-state index is 14.2. The third kappa shape index (κ3) is 5.35. The lowest BCUT2D eigenvalue weighted by Crippen LogP contribution is -2.44. The van der Waals surface area contributed by atoms with Crippen LogP contribution < -0.4 is 4.74 Å². The summed E-state index contributed by atoms with van der Waals surface area (Å²) in [6, 6.07) is 16.7. The monoisotopic (exact) mass is 536 g/mol. The largest absolute Gasteiger partial charge is 0.490 e. The third-order valence-electron chi connectivity index (χ3n) is 6.54. The van der Waals surface area contributed by atoms with Crippen LogP contribution in [0.25, 0.3) is 27.5 Å². The second-order valence-electron chi connectivity index (χ2n) is 10.5. The average molecular weight is 537 g/mol. The summed E-state index contributed by atoms with van der Waals surface area (Å²) in [7, 11) is 0. The Kier molecular flexibility index (Phi) is 6.62. The number of aromatic nitrogens is 2. The van der Waals surface area contributed by atoms with Gasteiger partial charge in [0, 0.05) is 42.8 Å². The number of benzene rings is 3. The predicted molar refractivity (Wildman–Crippen MR) is 140 cm³/mol. The molecule has 3 aromatic carbocycles. The minimum absolute atomic E-state index is 0.138. The van der Waals surface area contributed by atoms with E-state index in [1.54, 1.807) is 41.3 Å². The van der Waals surface area contributed by atoms with Crippen molar-refractivity contribution in [3.63, 3.8) is 0 Å². The van der Waals surface area contributed by atoms with Crippen LogP contribution in [-0.2, 0) is 10.9 Å². The van der Waals surface area contributed by atoms with E-state index in [0.29, 0.717) is 48.0 Å². The molecule has 1 aliphatic rings. The number of alkyl halides is 3. The molecule has 7 nitrogen and oxygen atoms in total. The number of rotatable bonds is 3. The van der Waals surface area contributed by atoms with Crippen LogP contribution >= 0.6 is 0 Å². The molecule has 0 aliphatic carbocycles. The normalized spacial score (nSPS) is 14.9. The van der Waals surface area contributed by atoms with Gasteiger partial charge in [-0.05, 0) is 45.0 Å². The van der Waals surface area contributed by atoms with Gasteiger partial charge in [-0.25, -0.2) is 9.78 Å². The number of halogens is 3. The van der Waals surface area contributed by atoms with E-state index in [9.17, 15) is 23.2 Å². The van der Waals surface area contributed by atoms with Crippen molar-refractivity contribution in [2.75, 3.05) is 13.1 Å². The Morgan fingerprint density at radius 2 is 1.72 bits per heavy atom. The van der Waals surface area contributed by atoms with Crippen molar-refractivity contribution in [2.24, 2.45) is 0 Å². The molecule has 0 bridgehead atoms. The van der Waals surface area contributed by atoms with Gasteiger partial charge in [-0.15, -0.1) is 0 Å². The number of amides is 1. The summed E-state index contributed by atoms with van der Waals surface area (Å²) in [6.45, 7) is 6.35. The molecule has 0 saturated carbocycles. The number of imidazole rings is 1. The van der Waals surface area contributed by atoms with Crippen LogP contribution in [0.4, 0.5) is 18.0 Å².